The molecule has 0 radical (unpaired) electrons. The van der Waals surface area contributed by atoms with Crippen LogP contribution >= 0.6 is 0 Å². The van der Waals surface area contributed by atoms with Crippen molar-refractivity contribution >= 4 is 39.1 Å². The molecule has 1 heterocycles. The van der Waals surface area contributed by atoms with Crippen LogP contribution in [0.3, 0.4) is 0 Å². The van der Waals surface area contributed by atoms with Gasteiger partial charge in [-0.1, -0.05) is 18.6 Å². The van der Waals surface area contributed by atoms with E-state index in [-0.39, 0.29) is 41.2 Å². The molecule has 0 saturated heterocycles. The molecule has 11 heteroatoms. The highest BCUT2D eigenvalue weighted by Gasteiger charge is 2.34. The Bertz CT molecular complexity index is 1300. The van der Waals surface area contributed by atoms with Crippen molar-refractivity contribution in [3.63, 3.8) is 0 Å². The number of sulfonamides is 1. The first kappa shape index (κ1) is 27.6. The van der Waals surface area contributed by atoms with Gasteiger partial charge in [0.1, 0.15) is 22.6 Å². The van der Waals surface area contributed by atoms with Crippen LogP contribution in [0.1, 0.15) is 55.3 Å². The Morgan fingerprint density at radius 3 is 2.58 bits per heavy atom. The molecule has 2 aromatic rings. The maximum atomic E-state index is 13.3. The third-order valence-electron chi connectivity index (χ3n) is 6.53. The summed E-state index contributed by atoms with van der Waals surface area (Å²) < 4.78 is 43.9. The fourth-order valence-corrected chi connectivity index (χ4v) is 6.24. The molecule has 0 aromatic heterocycles. The minimum Gasteiger partial charge on any atom is -0.495 e. The normalized spacial score (nSPS) is 16.8. The summed E-state index contributed by atoms with van der Waals surface area (Å²) in [7, 11) is -0.903. The molecule has 204 valence electrons. The van der Waals surface area contributed by atoms with Gasteiger partial charge in [-0.2, -0.15) is 0 Å². The van der Waals surface area contributed by atoms with Crippen LogP contribution in [0.25, 0.3) is 0 Å². The zero-order valence-corrected chi connectivity index (χ0v) is 22.5. The second kappa shape index (κ2) is 12.4. The van der Waals surface area contributed by atoms with Gasteiger partial charge in [0.15, 0.2) is 0 Å². The lowest BCUT2D eigenvalue weighted by Crippen LogP contribution is -2.41. The quantitative estimate of drug-likeness (QED) is 0.350. The van der Waals surface area contributed by atoms with Gasteiger partial charge < -0.3 is 19.5 Å². The van der Waals surface area contributed by atoms with E-state index < -0.39 is 21.9 Å². The molecule has 0 unspecified atom stereocenters. The fraction of sp³-hybridized carbons (Fsp3) is 0.444. The molecule has 2 aromatic carbocycles. The van der Waals surface area contributed by atoms with Crippen LogP contribution in [0.4, 0.5) is 11.4 Å². The Kier molecular flexibility index (Phi) is 9.01. The first-order chi connectivity index (χ1) is 18.3. The number of rotatable bonds is 10. The molecule has 0 bridgehead atoms. The second-order valence-corrected chi connectivity index (χ2v) is 11.1. The first-order valence-electron chi connectivity index (χ1n) is 12.7. The predicted octanol–water partition coefficient (Wildman–Crippen LogP) is 4.28. The number of amidine groups is 1. The molecule has 1 aliphatic heterocycles. The summed E-state index contributed by atoms with van der Waals surface area (Å²) in [5.74, 6) is -0.512. The Morgan fingerprint density at radius 2 is 1.84 bits per heavy atom. The summed E-state index contributed by atoms with van der Waals surface area (Å²) in [5, 5.41) is 2.75. The van der Waals surface area contributed by atoms with Crippen LogP contribution in [0, 0.1) is 0 Å². The van der Waals surface area contributed by atoms with Gasteiger partial charge in [-0.3, -0.25) is 9.10 Å². The number of ether oxygens (including phenoxy) is 3. The standard InChI is InChI=1S/C27H33N3O7S/c1-35-16-8-15-30-25(28-21-11-6-7-12-24(21)38(30,33)34)18-26(31)29-22-17-19(13-14-23(22)36-2)27(32)37-20-9-4-3-5-10-20/h6-7,11-14,17,20H,3-5,8-10,15-16,18H2,1-2H3,(H,29,31). The van der Waals surface area contributed by atoms with E-state index in [1.54, 1.807) is 30.3 Å². The largest absolute Gasteiger partial charge is 0.495 e. The monoisotopic (exact) mass is 543 g/mol. The topological polar surface area (TPSA) is 124 Å². The zero-order chi connectivity index (χ0) is 27.1. The van der Waals surface area contributed by atoms with Crippen molar-refractivity contribution in [1.29, 1.82) is 0 Å². The third kappa shape index (κ3) is 6.33. The minimum absolute atomic E-state index is 0.0902. The Hall–Kier alpha value is -3.44. The van der Waals surface area contributed by atoms with Crippen molar-refractivity contribution in [3.8, 4) is 5.75 Å². The van der Waals surface area contributed by atoms with Crippen LogP contribution < -0.4 is 10.1 Å². The minimum atomic E-state index is -3.89. The van der Waals surface area contributed by atoms with E-state index in [9.17, 15) is 18.0 Å². The number of para-hydroxylation sites is 1. The molecule has 4 rings (SSSR count). The van der Waals surface area contributed by atoms with Gasteiger partial charge in [-0.15, -0.1) is 0 Å². The van der Waals surface area contributed by atoms with Crippen molar-refractivity contribution in [2.75, 3.05) is 32.7 Å². The number of amides is 1. The van der Waals surface area contributed by atoms with Crippen LogP contribution in [-0.4, -0.2) is 63.9 Å². The number of benzene rings is 2. The highest BCUT2D eigenvalue weighted by Crippen LogP contribution is 2.33. The molecule has 1 saturated carbocycles. The molecular formula is C27H33N3O7S. The van der Waals surface area contributed by atoms with Crippen molar-refractivity contribution < 1.29 is 32.2 Å². The van der Waals surface area contributed by atoms with Crippen molar-refractivity contribution in [2.45, 2.75) is 55.9 Å². The number of carbonyl (C=O) groups excluding carboxylic acids is 2. The summed E-state index contributed by atoms with van der Waals surface area (Å²) in [5.41, 5.74) is 0.851. The van der Waals surface area contributed by atoms with Gasteiger partial charge in [0, 0.05) is 20.3 Å². The van der Waals surface area contributed by atoms with Gasteiger partial charge in [-0.05, 0) is 62.4 Å². The number of carbonyl (C=O) groups is 2. The average molecular weight is 544 g/mol. The Morgan fingerprint density at radius 1 is 1.08 bits per heavy atom. The SMILES string of the molecule is COCCCN1C(CC(=O)Nc2cc(C(=O)OC3CCCCC3)ccc2OC)=Nc2ccccc2S1(=O)=O. The molecule has 1 N–H and O–H groups in total. The van der Waals surface area contributed by atoms with Crippen LogP contribution in [0.15, 0.2) is 52.4 Å². The molecular weight excluding hydrogens is 510 g/mol. The predicted molar refractivity (Wildman–Crippen MR) is 142 cm³/mol. The average Bonchev–Trinajstić information content (AvgIpc) is 2.91. The van der Waals surface area contributed by atoms with E-state index in [1.807, 2.05) is 0 Å². The van der Waals surface area contributed by atoms with E-state index in [1.165, 1.54) is 26.4 Å². The number of hydrogen-bond acceptors (Lipinski definition) is 8. The van der Waals surface area contributed by atoms with Crippen LogP contribution in [-0.2, 0) is 24.3 Å². The number of anilines is 1. The van der Waals surface area contributed by atoms with Gasteiger partial charge in [0.05, 0.1) is 30.5 Å². The van der Waals surface area contributed by atoms with Crippen LogP contribution in [0.2, 0.25) is 0 Å². The van der Waals surface area contributed by atoms with E-state index in [4.69, 9.17) is 14.2 Å². The molecule has 1 fully saturated rings. The van der Waals surface area contributed by atoms with Gasteiger partial charge in [-0.25, -0.2) is 18.2 Å². The van der Waals surface area contributed by atoms with Gasteiger partial charge >= 0.3 is 5.97 Å². The lowest BCUT2D eigenvalue weighted by molar-refractivity contribution is -0.115. The molecule has 1 amide bonds. The highest BCUT2D eigenvalue weighted by atomic mass is 32.2. The van der Waals surface area contributed by atoms with Crippen LogP contribution in [0.5, 0.6) is 5.75 Å². The smallest absolute Gasteiger partial charge is 0.338 e. The first-order valence-corrected chi connectivity index (χ1v) is 14.1. The fourth-order valence-electron chi connectivity index (χ4n) is 4.62. The number of fused-ring (bicyclic) bond motifs is 1. The molecule has 0 atom stereocenters. The van der Waals surface area contributed by atoms with E-state index >= 15 is 0 Å². The number of hydrogen-bond donors (Lipinski definition) is 1. The lowest BCUT2D eigenvalue weighted by atomic mass is 9.98. The maximum absolute atomic E-state index is 13.3. The summed E-state index contributed by atoms with van der Waals surface area (Å²) >= 11 is 0. The van der Waals surface area contributed by atoms with E-state index in [2.05, 4.69) is 10.3 Å². The van der Waals surface area contributed by atoms with E-state index in [0.29, 0.717) is 24.3 Å². The number of nitrogens with one attached hydrogen (secondary N) is 1. The van der Waals surface area contributed by atoms with Gasteiger partial charge in [0.25, 0.3) is 10.0 Å². The zero-order valence-electron chi connectivity index (χ0n) is 21.6. The van der Waals surface area contributed by atoms with Crippen molar-refractivity contribution in [2.24, 2.45) is 4.99 Å². The highest BCUT2D eigenvalue weighted by molar-refractivity contribution is 7.90. The summed E-state index contributed by atoms with van der Waals surface area (Å²) in [6.07, 6.45) is 4.94. The number of esters is 1. The molecule has 1 aliphatic carbocycles. The second-order valence-electron chi connectivity index (χ2n) is 9.22. The summed E-state index contributed by atoms with van der Waals surface area (Å²) in [6, 6.07) is 11.1. The van der Waals surface area contributed by atoms with Crippen molar-refractivity contribution in [1.82, 2.24) is 4.31 Å². The molecule has 38 heavy (non-hydrogen) atoms. The Labute approximate surface area is 223 Å². The van der Waals surface area contributed by atoms with Crippen molar-refractivity contribution in [3.05, 3.63) is 48.0 Å². The Balaban J connectivity index is 1.53. The number of aliphatic imine (C=N–C) groups is 1. The number of nitrogens with zero attached hydrogens (tertiary/aromatic N) is 2. The maximum Gasteiger partial charge on any atom is 0.338 e. The number of methoxy groups -OCH3 is 2. The third-order valence-corrected chi connectivity index (χ3v) is 8.41. The molecule has 2 aliphatic rings. The molecule has 0 spiro atoms. The lowest BCUT2D eigenvalue weighted by Gasteiger charge is -2.29. The molecule has 10 nitrogen and oxygen atoms in total. The van der Waals surface area contributed by atoms with E-state index in [0.717, 1.165) is 36.4 Å². The summed E-state index contributed by atoms with van der Waals surface area (Å²) in [6.45, 7) is 0.469. The summed E-state index contributed by atoms with van der Waals surface area (Å²) in [4.78, 5) is 30.5. The van der Waals surface area contributed by atoms with Gasteiger partial charge in [0.2, 0.25) is 5.91 Å².